The van der Waals surface area contributed by atoms with Crippen molar-refractivity contribution in [2.24, 2.45) is 0 Å². The number of ether oxygens (including phenoxy) is 1. The highest BCUT2D eigenvalue weighted by Crippen LogP contribution is 2.34. The summed E-state index contributed by atoms with van der Waals surface area (Å²) in [7, 11) is -1.87. The summed E-state index contributed by atoms with van der Waals surface area (Å²) in [6, 6.07) is 14.8. The van der Waals surface area contributed by atoms with Crippen LogP contribution in [-0.4, -0.2) is 63.3 Å². The van der Waals surface area contributed by atoms with E-state index in [9.17, 15) is 13.2 Å². The zero-order chi connectivity index (χ0) is 21.1. The summed E-state index contributed by atoms with van der Waals surface area (Å²) in [5.41, 5.74) is 1.53. The molecule has 9 heteroatoms. The van der Waals surface area contributed by atoms with Crippen LogP contribution < -0.4 is 9.64 Å². The maximum Gasteiger partial charge on any atom is 0.237 e. The van der Waals surface area contributed by atoms with Gasteiger partial charge in [0.1, 0.15) is 17.0 Å². The highest BCUT2D eigenvalue weighted by atomic mass is 32.2. The van der Waals surface area contributed by atoms with Crippen LogP contribution in [0, 0.1) is 0 Å². The molecular weight excluding hydrogens is 422 g/mol. The lowest BCUT2D eigenvalue weighted by molar-refractivity contribution is -0.128. The van der Waals surface area contributed by atoms with E-state index < -0.39 is 15.6 Å². The number of nitrogens with zero attached hydrogens (tertiary/aromatic N) is 3. The van der Waals surface area contributed by atoms with Gasteiger partial charge >= 0.3 is 0 Å². The molecule has 1 aromatic heterocycles. The van der Waals surface area contributed by atoms with Crippen molar-refractivity contribution in [1.29, 1.82) is 0 Å². The number of sulfone groups is 1. The van der Waals surface area contributed by atoms with Gasteiger partial charge in [0, 0.05) is 26.2 Å². The van der Waals surface area contributed by atoms with E-state index in [1.807, 2.05) is 24.3 Å². The minimum Gasteiger partial charge on any atom is -0.494 e. The first-order valence-electron chi connectivity index (χ1n) is 9.66. The number of hydrogen-bond acceptors (Lipinski definition) is 7. The van der Waals surface area contributed by atoms with Gasteiger partial charge in [-0.15, -0.1) is 0 Å². The predicted molar refractivity (Wildman–Crippen MR) is 119 cm³/mol. The van der Waals surface area contributed by atoms with Crippen LogP contribution in [0.3, 0.4) is 0 Å². The number of anilines is 1. The van der Waals surface area contributed by atoms with Crippen LogP contribution in [0.5, 0.6) is 5.75 Å². The Hall–Kier alpha value is -2.65. The first-order valence-corrected chi connectivity index (χ1v) is 12.3. The molecule has 0 bridgehead atoms. The van der Waals surface area contributed by atoms with Crippen LogP contribution in [0.25, 0.3) is 10.2 Å². The fraction of sp³-hybridized carbons (Fsp3) is 0.333. The lowest BCUT2D eigenvalue weighted by Gasteiger charge is -2.34. The maximum absolute atomic E-state index is 12.6. The van der Waals surface area contributed by atoms with Crippen molar-refractivity contribution in [1.82, 2.24) is 9.88 Å². The molecule has 1 fully saturated rings. The van der Waals surface area contributed by atoms with Crippen molar-refractivity contribution in [3.63, 3.8) is 0 Å². The summed E-state index contributed by atoms with van der Waals surface area (Å²) in [5.74, 6) is -0.170. The molecule has 0 aliphatic carbocycles. The van der Waals surface area contributed by atoms with Crippen LogP contribution >= 0.6 is 11.3 Å². The van der Waals surface area contributed by atoms with E-state index in [1.54, 1.807) is 47.6 Å². The lowest BCUT2D eigenvalue weighted by Crippen LogP contribution is -2.50. The monoisotopic (exact) mass is 445 g/mol. The molecule has 2 heterocycles. The molecule has 0 unspecified atom stereocenters. The zero-order valence-corrected chi connectivity index (χ0v) is 18.3. The number of hydrogen-bond donors (Lipinski definition) is 0. The van der Waals surface area contributed by atoms with Gasteiger partial charge in [0.15, 0.2) is 15.0 Å². The third kappa shape index (κ3) is 4.57. The Kier molecular flexibility index (Phi) is 5.92. The number of thiazole rings is 1. The first-order chi connectivity index (χ1) is 14.4. The Balaban J connectivity index is 1.37. The molecule has 0 N–H and O–H groups in total. The van der Waals surface area contributed by atoms with Crippen molar-refractivity contribution in [2.75, 3.05) is 43.9 Å². The van der Waals surface area contributed by atoms with Gasteiger partial charge in [-0.2, -0.15) is 0 Å². The minimum absolute atomic E-state index is 0.118. The van der Waals surface area contributed by atoms with Gasteiger partial charge in [-0.25, -0.2) is 13.4 Å². The molecule has 0 atom stereocenters. The number of rotatable bonds is 6. The molecule has 1 aliphatic rings. The molecular formula is C21H23N3O4S2. The Morgan fingerprint density at radius 3 is 2.50 bits per heavy atom. The van der Waals surface area contributed by atoms with Crippen molar-refractivity contribution in [3.05, 3.63) is 54.1 Å². The van der Waals surface area contributed by atoms with Crippen molar-refractivity contribution >= 4 is 42.4 Å². The summed E-state index contributed by atoms with van der Waals surface area (Å²) in [5, 5.41) is 0.887. The van der Waals surface area contributed by atoms with E-state index >= 15 is 0 Å². The average molecular weight is 446 g/mol. The molecule has 0 radical (unpaired) electrons. The number of methoxy groups -OCH3 is 1. The fourth-order valence-electron chi connectivity index (χ4n) is 3.52. The van der Waals surface area contributed by atoms with E-state index in [1.165, 1.54) is 0 Å². The van der Waals surface area contributed by atoms with Crippen LogP contribution in [0.15, 0.2) is 48.5 Å². The topological polar surface area (TPSA) is 79.8 Å². The van der Waals surface area contributed by atoms with Crippen molar-refractivity contribution < 1.29 is 17.9 Å². The first kappa shape index (κ1) is 20.6. The standard InChI is InChI=1S/C21H23N3O4S2/c1-28-17-8-5-9-18-20(17)22-21(29-18)24-12-10-23(11-13-24)19(25)15-30(26,27)14-16-6-3-2-4-7-16/h2-9H,10-15H2,1H3. The Bertz CT molecular complexity index is 1140. The molecule has 4 rings (SSSR count). The van der Waals surface area contributed by atoms with Gasteiger partial charge in [0.05, 0.1) is 17.6 Å². The molecule has 3 aromatic rings. The number of fused-ring (bicyclic) bond motifs is 1. The van der Waals surface area contributed by atoms with Crippen molar-refractivity contribution in [3.8, 4) is 5.75 Å². The molecule has 30 heavy (non-hydrogen) atoms. The van der Waals surface area contributed by atoms with E-state index in [0.29, 0.717) is 31.7 Å². The summed E-state index contributed by atoms with van der Waals surface area (Å²) >= 11 is 1.59. The summed E-state index contributed by atoms with van der Waals surface area (Å²) in [6.07, 6.45) is 0. The molecule has 1 aliphatic heterocycles. The lowest BCUT2D eigenvalue weighted by atomic mass is 10.2. The summed E-state index contributed by atoms with van der Waals surface area (Å²) in [4.78, 5) is 21.0. The van der Waals surface area contributed by atoms with Crippen LogP contribution in [0.1, 0.15) is 5.56 Å². The van der Waals surface area contributed by atoms with Gasteiger partial charge in [0.2, 0.25) is 5.91 Å². The third-order valence-corrected chi connectivity index (χ3v) is 7.61. The number of carbonyl (C=O) groups is 1. The van der Waals surface area contributed by atoms with Gasteiger partial charge in [-0.1, -0.05) is 47.7 Å². The largest absolute Gasteiger partial charge is 0.494 e. The zero-order valence-electron chi connectivity index (χ0n) is 16.7. The Morgan fingerprint density at radius 1 is 1.07 bits per heavy atom. The van der Waals surface area contributed by atoms with E-state index in [-0.39, 0.29) is 11.7 Å². The van der Waals surface area contributed by atoms with E-state index in [2.05, 4.69) is 4.90 Å². The quantitative estimate of drug-likeness (QED) is 0.580. The Morgan fingerprint density at radius 2 is 1.80 bits per heavy atom. The smallest absolute Gasteiger partial charge is 0.237 e. The van der Waals surface area contributed by atoms with E-state index in [4.69, 9.17) is 9.72 Å². The predicted octanol–water partition coefficient (Wildman–Crippen LogP) is 2.57. The number of para-hydroxylation sites is 1. The highest BCUT2D eigenvalue weighted by Gasteiger charge is 2.27. The second kappa shape index (κ2) is 8.61. The third-order valence-electron chi connectivity index (χ3n) is 5.07. The van der Waals surface area contributed by atoms with Gasteiger partial charge in [0.25, 0.3) is 0 Å². The normalized spacial score (nSPS) is 14.8. The molecule has 1 saturated heterocycles. The van der Waals surface area contributed by atoms with Gasteiger partial charge in [-0.3, -0.25) is 4.79 Å². The average Bonchev–Trinajstić information content (AvgIpc) is 3.18. The second-order valence-electron chi connectivity index (χ2n) is 7.19. The second-order valence-corrected chi connectivity index (χ2v) is 10.3. The number of piperazine rings is 1. The SMILES string of the molecule is COc1cccc2sc(N3CCN(C(=O)CS(=O)(=O)Cc4ccccc4)CC3)nc12. The molecule has 1 amide bonds. The molecule has 2 aromatic carbocycles. The summed E-state index contributed by atoms with van der Waals surface area (Å²) in [6.45, 7) is 2.19. The Labute approximate surface area is 179 Å². The number of amides is 1. The number of benzene rings is 2. The molecule has 0 spiro atoms. The van der Waals surface area contributed by atoms with Crippen LogP contribution in [0.4, 0.5) is 5.13 Å². The van der Waals surface area contributed by atoms with Crippen LogP contribution in [0.2, 0.25) is 0 Å². The van der Waals surface area contributed by atoms with Crippen LogP contribution in [-0.2, 0) is 20.4 Å². The molecule has 0 saturated carbocycles. The highest BCUT2D eigenvalue weighted by molar-refractivity contribution is 7.91. The number of aromatic nitrogens is 1. The number of carbonyl (C=O) groups excluding carboxylic acids is 1. The van der Waals surface area contributed by atoms with Crippen molar-refractivity contribution in [2.45, 2.75) is 5.75 Å². The van der Waals surface area contributed by atoms with Gasteiger partial charge < -0.3 is 14.5 Å². The van der Waals surface area contributed by atoms with Gasteiger partial charge in [-0.05, 0) is 17.7 Å². The molecule has 158 valence electrons. The minimum atomic E-state index is -3.50. The maximum atomic E-state index is 12.6. The summed E-state index contributed by atoms with van der Waals surface area (Å²) < 4.78 is 31.3. The fourth-order valence-corrected chi connectivity index (χ4v) is 5.91. The molecule has 7 nitrogen and oxygen atoms in total. The van der Waals surface area contributed by atoms with E-state index in [0.717, 1.165) is 21.1 Å².